The molecule has 0 aromatic carbocycles. The molecule has 1 amide bonds. The molecular weight excluding hydrogens is 260 g/mol. The van der Waals surface area contributed by atoms with Gasteiger partial charge in [0.25, 0.3) is 5.91 Å². The molecular formula is C13H22N4O3. The summed E-state index contributed by atoms with van der Waals surface area (Å²) in [5, 5.41) is 9.61. The molecule has 0 saturated heterocycles. The monoisotopic (exact) mass is 282 g/mol. The van der Waals surface area contributed by atoms with Crippen LogP contribution in [0.2, 0.25) is 0 Å². The first-order valence-corrected chi connectivity index (χ1v) is 6.73. The predicted molar refractivity (Wildman–Crippen MR) is 74.8 cm³/mol. The van der Waals surface area contributed by atoms with E-state index in [9.17, 15) is 9.59 Å². The topological polar surface area (TPSA) is 131 Å². The molecule has 6 N–H and O–H groups in total. The van der Waals surface area contributed by atoms with Gasteiger partial charge in [0.1, 0.15) is 18.0 Å². The van der Waals surface area contributed by atoms with Crippen LogP contribution in [0.3, 0.4) is 0 Å². The minimum atomic E-state index is -0.807. The van der Waals surface area contributed by atoms with Crippen molar-refractivity contribution in [3.63, 3.8) is 0 Å². The first-order chi connectivity index (χ1) is 9.45. The molecule has 1 atom stereocenters. The number of hydrogen-bond donors (Lipinski definition) is 4. The number of carbonyl (C=O) groups excluding carboxylic acids is 2. The summed E-state index contributed by atoms with van der Waals surface area (Å²) in [5.41, 5.74) is 10.3. The molecule has 7 heteroatoms. The SMILES string of the molecule is CC(NC(=O)C(=CN)C(=N)N)C(=O)OC1CCCCC1. The number of nitrogens with one attached hydrogen (secondary N) is 2. The van der Waals surface area contributed by atoms with Crippen LogP contribution in [0.1, 0.15) is 39.0 Å². The Hall–Kier alpha value is -2.05. The lowest BCUT2D eigenvalue weighted by atomic mass is 9.98. The molecule has 1 unspecified atom stereocenters. The Bertz CT molecular complexity index is 414. The van der Waals surface area contributed by atoms with Crippen molar-refractivity contribution in [1.82, 2.24) is 5.32 Å². The number of ether oxygens (including phenoxy) is 1. The molecule has 0 aromatic rings. The lowest BCUT2D eigenvalue weighted by molar-refractivity contribution is -0.153. The maximum absolute atomic E-state index is 11.9. The van der Waals surface area contributed by atoms with E-state index in [1.54, 1.807) is 0 Å². The smallest absolute Gasteiger partial charge is 0.328 e. The van der Waals surface area contributed by atoms with Crippen molar-refractivity contribution in [2.75, 3.05) is 0 Å². The van der Waals surface area contributed by atoms with Crippen LogP contribution in [-0.4, -0.2) is 29.9 Å². The van der Waals surface area contributed by atoms with Gasteiger partial charge in [0.2, 0.25) is 0 Å². The lowest BCUT2D eigenvalue weighted by Gasteiger charge is -2.23. The number of amides is 1. The van der Waals surface area contributed by atoms with Gasteiger partial charge in [0.05, 0.1) is 5.57 Å². The highest BCUT2D eigenvalue weighted by molar-refractivity contribution is 6.19. The fourth-order valence-corrected chi connectivity index (χ4v) is 2.07. The van der Waals surface area contributed by atoms with Crippen LogP contribution >= 0.6 is 0 Å². The second kappa shape index (κ2) is 7.52. The molecule has 0 radical (unpaired) electrons. The average Bonchev–Trinajstić information content (AvgIpc) is 2.40. The molecule has 1 saturated carbocycles. The number of amidine groups is 1. The van der Waals surface area contributed by atoms with E-state index >= 15 is 0 Å². The van der Waals surface area contributed by atoms with Gasteiger partial charge in [0.15, 0.2) is 0 Å². The standard InChI is InChI=1S/C13H22N4O3/c1-8(17-12(18)10(7-14)11(15)16)13(19)20-9-5-3-2-4-6-9/h7-9H,2-6,14H2,1H3,(H3,15,16)(H,17,18). The van der Waals surface area contributed by atoms with Crippen molar-refractivity contribution in [3.8, 4) is 0 Å². The van der Waals surface area contributed by atoms with Gasteiger partial charge in [-0.2, -0.15) is 0 Å². The summed E-state index contributed by atoms with van der Waals surface area (Å²) in [6.45, 7) is 1.53. The summed E-state index contributed by atoms with van der Waals surface area (Å²) < 4.78 is 5.34. The van der Waals surface area contributed by atoms with Gasteiger partial charge in [-0.1, -0.05) is 6.42 Å². The van der Waals surface area contributed by atoms with E-state index in [4.69, 9.17) is 21.6 Å². The Morgan fingerprint density at radius 2 is 1.95 bits per heavy atom. The fraction of sp³-hybridized carbons (Fsp3) is 0.615. The molecule has 0 heterocycles. The zero-order valence-electron chi connectivity index (χ0n) is 11.6. The van der Waals surface area contributed by atoms with Crippen molar-refractivity contribution in [1.29, 1.82) is 5.41 Å². The van der Waals surface area contributed by atoms with Crippen molar-refractivity contribution in [2.45, 2.75) is 51.2 Å². The first kappa shape index (κ1) is 16.0. The highest BCUT2D eigenvalue weighted by Gasteiger charge is 2.24. The zero-order valence-corrected chi connectivity index (χ0v) is 11.6. The molecule has 0 bridgehead atoms. The third-order valence-electron chi connectivity index (χ3n) is 3.24. The largest absolute Gasteiger partial charge is 0.461 e. The Morgan fingerprint density at radius 1 is 1.35 bits per heavy atom. The Labute approximate surface area is 118 Å². The number of esters is 1. The Morgan fingerprint density at radius 3 is 2.45 bits per heavy atom. The molecule has 1 aliphatic carbocycles. The Balaban J connectivity index is 2.48. The van der Waals surface area contributed by atoms with Crippen LogP contribution < -0.4 is 16.8 Å². The zero-order chi connectivity index (χ0) is 15.1. The van der Waals surface area contributed by atoms with Crippen LogP contribution in [0.4, 0.5) is 0 Å². The second-order valence-electron chi connectivity index (χ2n) is 4.89. The van der Waals surface area contributed by atoms with Gasteiger partial charge in [-0.25, -0.2) is 4.79 Å². The quantitative estimate of drug-likeness (QED) is 0.246. The lowest BCUT2D eigenvalue weighted by Crippen LogP contribution is -2.43. The molecule has 20 heavy (non-hydrogen) atoms. The van der Waals surface area contributed by atoms with Crippen LogP contribution in [-0.2, 0) is 14.3 Å². The van der Waals surface area contributed by atoms with E-state index in [0.29, 0.717) is 0 Å². The van der Waals surface area contributed by atoms with E-state index in [2.05, 4.69) is 5.32 Å². The van der Waals surface area contributed by atoms with Gasteiger partial charge in [-0.3, -0.25) is 10.2 Å². The molecule has 7 nitrogen and oxygen atoms in total. The average molecular weight is 282 g/mol. The van der Waals surface area contributed by atoms with Gasteiger partial charge in [-0.15, -0.1) is 0 Å². The highest BCUT2D eigenvalue weighted by Crippen LogP contribution is 2.20. The number of nitrogens with two attached hydrogens (primary N) is 2. The van der Waals surface area contributed by atoms with Crippen molar-refractivity contribution in [2.24, 2.45) is 11.5 Å². The van der Waals surface area contributed by atoms with Crippen molar-refractivity contribution < 1.29 is 14.3 Å². The second-order valence-corrected chi connectivity index (χ2v) is 4.89. The summed E-state index contributed by atoms with van der Waals surface area (Å²) in [4.78, 5) is 23.6. The minimum absolute atomic E-state index is 0.0621. The van der Waals surface area contributed by atoms with Crippen LogP contribution in [0.15, 0.2) is 11.8 Å². The Kier molecular flexibility index (Phi) is 6.02. The molecule has 1 fully saturated rings. The van der Waals surface area contributed by atoms with Crippen LogP contribution in [0.5, 0.6) is 0 Å². The molecule has 1 rings (SSSR count). The minimum Gasteiger partial charge on any atom is -0.461 e. The van der Waals surface area contributed by atoms with E-state index in [1.165, 1.54) is 13.3 Å². The molecule has 1 aliphatic rings. The van der Waals surface area contributed by atoms with E-state index in [-0.39, 0.29) is 11.7 Å². The molecule has 112 valence electrons. The predicted octanol–water partition coefficient (Wildman–Crippen LogP) is 0.146. The van der Waals surface area contributed by atoms with Crippen molar-refractivity contribution >= 4 is 17.7 Å². The molecule has 0 aliphatic heterocycles. The van der Waals surface area contributed by atoms with E-state index in [0.717, 1.165) is 31.9 Å². The summed E-state index contributed by atoms with van der Waals surface area (Å²) in [5.74, 6) is -1.59. The fourth-order valence-electron chi connectivity index (χ4n) is 2.07. The number of hydrogen-bond acceptors (Lipinski definition) is 5. The van der Waals surface area contributed by atoms with Crippen LogP contribution in [0, 0.1) is 5.41 Å². The highest BCUT2D eigenvalue weighted by atomic mass is 16.5. The van der Waals surface area contributed by atoms with Crippen LogP contribution in [0.25, 0.3) is 0 Å². The molecule has 0 spiro atoms. The summed E-state index contributed by atoms with van der Waals surface area (Å²) >= 11 is 0. The maximum atomic E-state index is 11.9. The molecule has 0 aromatic heterocycles. The summed E-state index contributed by atoms with van der Waals surface area (Å²) in [6, 6.07) is -0.807. The number of rotatable bonds is 5. The number of carbonyl (C=O) groups is 2. The van der Waals surface area contributed by atoms with E-state index in [1.807, 2.05) is 0 Å². The van der Waals surface area contributed by atoms with Gasteiger partial charge in [0, 0.05) is 6.20 Å². The third-order valence-corrected chi connectivity index (χ3v) is 3.24. The normalized spacial score (nSPS) is 18.1. The first-order valence-electron chi connectivity index (χ1n) is 6.73. The maximum Gasteiger partial charge on any atom is 0.328 e. The summed E-state index contributed by atoms with van der Waals surface area (Å²) in [7, 11) is 0. The van der Waals surface area contributed by atoms with Crippen molar-refractivity contribution in [3.05, 3.63) is 11.8 Å². The van der Waals surface area contributed by atoms with Gasteiger partial charge >= 0.3 is 5.97 Å². The third kappa shape index (κ3) is 4.56. The van der Waals surface area contributed by atoms with E-state index < -0.39 is 23.8 Å². The van der Waals surface area contributed by atoms with Gasteiger partial charge in [-0.05, 0) is 32.6 Å². The summed E-state index contributed by atoms with van der Waals surface area (Å²) in [6.07, 6.45) is 5.90. The van der Waals surface area contributed by atoms with Gasteiger partial charge < -0.3 is 21.5 Å².